The normalized spacial score (nSPS) is 9.59. The van der Waals surface area contributed by atoms with E-state index in [9.17, 15) is 19.8 Å². The molecule has 0 saturated carbocycles. The van der Waals surface area contributed by atoms with E-state index in [2.05, 4.69) is 0 Å². The molecular weight excluding hydrogens is 504 g/mol. The summed E-state index contributed by atoms with van der Waals surface area (Å²) in [7, 11) is -4.64. The van der Waals surface area contributed by atoms with Gasteiger partial charge in [-0.05, 0) is 26.1 Å². The van der Waals surface area contributed by atoms with E-state index in [-0.39, 0.29) is 39.8 Å². The average Bonchev–Trinajstić information content (AvgIpc) is 2.20. The number of carbonyl (C=O) groups is 2. The molecule has 0 heterocycles. The third-order valence-electron chi connectivity index (χ3n) is 2.20. The number of carbonyl (C=O) groups excluding carboxylic acids is 2. The number of phosphoric acid groups is 1. The molecule has 11 nitrogen and oxygen atoms in total. The van der Waals surface area contributed by atoms with Crippen molar-refractivity contribution < 1.29 is 60.1 Å². The molecule has 0 aromatic rings. The van der Waals surface area contributed by atoms with Gasteiger partial charge in [-0.25, -0.2) is 4.57 Å². The molecule has 0 saturated heterocycles. The van der Waals surface area contributed by atoms with E-state index in [4.69, 9.17) is 19.2 Å². The second-order valence-electron chi connectivity index (χ2n) is 3.52. The van der Waals surface area contributed by atoms with E-state index in [1.165, 1.54) is 0 Å². The number of nitrogens with zero attached hydrogens (tertiary/aromatic N) is 1. The minimum Gasteiger partial charge on any atom is -0.549 e. The SMILES string of the molecule is CCN(CC)CCC(C(=O)[O-])C(=O)[O-].N.N.O=P(O)(O)O.[Pt+2]. The van der Waals surface area contributed by atoms with E-state index < -0.39 is 25.7 Å². The maximum atomic E-state index is 10.4. The molecule has 0 aliphatic heterocycles. The summed E-state index contributed by atoms with van der Waals surface area (Å²) in [5.74, 6) is -4.65. The van der Waals surface area contributed by atoms with Crippen molar-refractivity contribution in [3.05, 3.63) is 0 Å². The molecule has 0 aromatic carbocycles. The van der Waals surface area contributed by atoms with Gasteiger partial charge in [0.15, 0.2) is 0 Å². The van der Waals surface area contributed by atoms with E-state index in [0.717, 1.165) is 13.1 Å². The summed E-state index contributed by atoms with van der Waals surface area (Å²) in [5, 5.41) is 20.8. The summed E-state index contributed by atoms with van der Waals surface area (Å²) < 4.78 is 8.88. The van der Waals surface area contributed by atoms with Gasteiger partial charge in [0.2, 0.25) is 0 Å². The first-order chi connectivity index (χ1) is 8.52. The number of rotatable bonds is 7. The largest absolute Gasteiger partial charge is 2.00 e. The Morgan fingerprint density at radius 2 is 1.32 bits per heavy atom. The summed E-state index contributed by atoms with van der Waals surface area (Å²) in [4.78, 5) is 44.3. The Hall–Kier alpha value is -0.382. The Morgan fingerprint density at radius 3 is 1.50 bits per heavy atom. The van der Waals surface area contributed by atoms with Crippen molar-refractivity contribution >= 4 is 19.8 Å². The second-order valence-corrected chi connectivity index (χ2v) is 4.55. The van der Waals surface area contributed by atoms with Gasteiger partial charge >= 0.3 is 28.9 Å². The molecule has 0 aliphatic rings. The Labute approximate surface area is 143 Å². The molecule has 0 aliphatic carbocycles. The molecule has 0 rings (SSSR count). The van der Waals surface area contributed by atoms with Crippen molar-refractivity contribution in [1.82, 2.24) is 17.2 Å². The van der Waals surface area contributed by atoms with Crippen LogP contribution in [0, 0.1) is 5.92 Å². The average molecular weight is 528 g/mol. The third kappa shape index (κ3) is 24.6. The molecule has 0 spiro atoms. The van der Waals surface area contributed by atoms with Crippen LogP contribution in [0.25, 0.3) is 0 Å². The zero-order chi connectivity index (χ0) is 15.6. The van der Waals surface area contributed by atoms with Crippen molar-refractivity contribution in [2.45, 2.75) is 20.3 Å². The molecule has 9 N–H and O–H groups in total. The number of carboxylic acids is 2. The van der Waals surface area contributed by atoms with Gasteiger partial charge in [0.1, 0.15) is 0 Å². The van der Waals surface area contributed by atoms with E-state index >= 15 is 0 Å². The summed E-state index contributed by atoms with van der Waals surface area (Å²) in [6.45, 7) is 5.82. The topological polar surface area (TPSA) is 231 Å². The monoisotopic (exact) mass is 528 g/mol. The molecule has 0 radical (unpaired) electrons. The smallest absolute Gasteiger partial charge is 0.549 e. The maximum Gasteiger partial charge on any atom is 2.00 e. The fraction of sp³-hybridized carbons (Fsp3) is 0.778. The number of aliphatic carboxylic acids is 2. The fourth-order valence-corrected chi connectivity index (χ4v) is 1.18. The van der Waals surface area contributed by atoms with Gasteiger partial charge in [0, 0.05) is 5.92 Å². The maximum absolute atomic E-state index is 10.4. The van der Waals surface area contributed by atoms with Gasteiger partial charge in [-0.15, -0.1) is 0 Å². The van der Waals surface area contributed by atoms with Crippen molar-refractivity contribution in [3.8, 4) is 0 Å². The Kier molecular flexibility index (Phi) is 25.7. The number of carboxylic acid groups (broad SMARTS) is 2. The van der Waals surface area contributed by atoms with Crippen LogP contribution in [0.4, 0.5) is 0 Å². The van der Waals surface area contributed by atoms with Crippen LogP contribution < -0.4 is 22.5 Å². The first-order valence-corrected chi connectivity index (χ1v) is 7.01. The van der Waals surface area contributed by atoms with Crippen LogP contribution in [0.15, 0.2) is 0 Å². The summed E-state index contributed by atoms with van der Waals surface area (Å²) >= 11 is 0. The quantitative estimate of drug-likeness (QED) is 0.168. The standard InChI is InChI=1S/C9H17NO4.2H3N.H3O4P.Pt/c1-3-10(4-2)6-5-7(8(11)12)9(13)14;;;1-5(2,3)4;/h7H,3-6H2,1-2H3,(H,11,12)(H,13,14);2*1H3;(H3,1,2,3,4);/q;;;;+2/p-2. The molecule has 13 heteroatoms. The van der Waals surface area contributed by atoms with Gasteiger partial charge in [-0.1, -0.05) is 13.8 Å². The summed E-state index contributed by atoms with van der Waals surface area (Å²) in [6.07, 6.45) is 0.0341. The third-order valence-corrected chi connectivity index (χ3v) is 2.20. The predicted octanol–water partition coefficient (Wildman–Crippen LogP) is -2.77. The number of hydrogen-bond acceptors (Lipinski definition) is 8. The van der Waals surface area contributed by atoms with Crippen LogP contribution in [0.3, 0.4) is 0 Å². The van der Waals surface area contributed by atoms with Crippen LogP contribution in [-0.4, -0.2) is 51.2 Å². The minimum atomic E-state index is -4.64. The molecule has 0 atom stereocenters. The molecule has 0 bridgehead atoms. The molecule has 0 amide bonds. The van der Waals surface area contributed by atoms with Crippen LogP contribution in [-0.2, 0) is 35.2 Å². The minimum absolute atomic E-state index is 0. The molecule has 0 aromatic heterocycles. The van der Waals surface area contributed by atoms with Crippen LogP contribution in [0.1, 0.15) is 20.3 Å². The first kappa shape index (κ1) is 33.3. The fourth-order valence-electron chi connectivity index (χ4n) is 1.18. The van der Waals surface area contributed by atoms with E-state index in [1.807, 2.05) is 18.7 Å². The van der Waals surface area contributed by atoms with Gasteiger partial charge < -0.3 is 51.7 Å². The summed E-state index contributed by atoms with van der Waals surface area (Å²) in [6, 6.07) is 0. The van der Waals surface area contributed by atoms with Crippen LogP contribution in [0.2, 0.25) is 0 Å². The van der Waals surface area contributed by atoms with E-state index in [0.29, 0.717) is 6.54 Å². The van der Waals surface area contributed by atoms with Gasteiger partial charge in [0.05, 0.1) is 11.9 Å². The van der Waals surface area contributed by atoms with Gasteiger partial charge in [0.25, 0.3) is 0 Å². The Morgan fingerprint density at radius 1 is 1.05 bits per heavy atom. The Balaban J connectivity index is -0.000000105. The van der Waals surface area contributed by atoms with Crippen molar-refractivity contribution in [1.29, 1.82) is 0 Å². The van der Waals surface area contributed by atoms with Gasteiger partial charge in [-0.2, -0.15) is 0 Å². The van der Waals surface area contributed by atoms with Crippen LogP contribution >= 0.6 is 7.82 Å². The van der Waals surface area contributed by atoms with Crippen molar-refractivity contribution in [2.75, 3.05) is 19.6 Å². The molecule has 138 valence electrons. The summed E-state index contributed by atoms with van der Waals surface area (Å²) in [5.41, 5.74) is 0. The van der Waals surface area contributed by atoms with Crippen LogP contribution in [0.5, 0.6) is 0 Å². The predicted molar refractivity (Wildman–Crippen MR) is 70.2 cm³/mol. The molecular formula is C9H24N3O8PPt. The Bertz CT molecular complexity index is 315. The molecule has 22 heavy (non-hydrogen) atoms. The van der Waals surface area contributed by atoms with Crippen molar-refractivity contribution in [2.24, 2.45) is 5.92 Å². The molecule has 0 fully saturated rings. The van der Waals surface area contributed by atoms with Crippen molar-refractivity contribution in [3.63, 3.8) is 0 Å². The van der Waals surface area contributed by atoms with Gasteiger partial charge in [-0.3, -0.25) is 0 Å². The zero-order valence-electron chi connectivity index (χ0n) is 12.4. The van der Waals surface area contributed by atoms with E-state index in [1.54, 1.807) is 0 Å². The second kappa shape index (κ2) is 17.0. The zero-order valence-corrected chi connectivity index (χ0v) is 15.6. The molecule has 0 unspecified atom stereocenters. The number of hydrogen-bond donors (Lipinski definition) is 5. The first-order valence-electron chi connectivity index (χ1n) is 5.45.